The van der Waals surface area contributed by atoms with Crippen LogP contribution in [0.4, 0.5) is 4.39 Å². The van der Waals surface area contributed by atoms with Crippen molar-refractivity contribution < 1.29 is 4.39 Å². The Balaban J connectivity index is 2.67. The van der Waals surface area contributed by atoms with Crippen molar-refractivity contribution in [3.05, 3.63) is 45.9 Å². The Morgan fingerprint density at radius 3 is 3.00 bits per heavy atom. The van der Waals surface area contributed by atoms with Gasteiger partial charge in [0.25, 0.3) is 0 Å². The summed E-state index contributed by atoms with van der Waals surface area (Å²) in [6.45, 7) is 3.69. The Morgan fingerprint density at radius 1 is 1.50 bits per heavy atom. The van der Waals surface area contributed by atoms with Crippen molar-refractivity contribution in [2.45, 2.75) is 6.42 Å². The minimum Gasteiger partial charge on any atom is -0.361 e. The van der Waals surface area contributed by atoms with Crippen LogP contribution in [0.1, 0.15) is 5.56 Å². The van der Waals surface area contributed by atoms with Crippen molar-refractivity contribution in [1.82, 2.24) is 4.98 Å². The lowest BCUT2D eigenvalue weighted by molar-refractivity contribution is 0.622. The van der Waals surface area contributed by atoms with Gasteiger partial charge in [-0.25, -0.2) is 4.39 Å². The lowest BCUT2D eigenvalue weighted by atomic mass is 10.1. The fourth-order valence-electron chi connectivity index (χ4n) is 1.50. The molecule has 0 aliphatic carbocycles. The van der Waals surface area contributed by atoms with Gasteiger partial charge in [0.15, 0.2) is 0 Å². The first-order valence-corrected chi connectivity index (χ1v) is 5.36. The predicted octanol–water partition coefficient (Wildman–Crippen LogP) is 3.64. The summed E-state index contributed by atoms with van der Waals surface area (Å²) in [4.78, 5) is 3.05. The standard InChI is InChI=1S/C11H9FIN/c1-2-3-7-6-14-11-5-9(12)10(13)4-8(7)11/h2,4-6,14H,1,3H2. The highest BCUT2D eigenvalue weighted by atomic mass is 127. The number of aromatic nitrogens is 1. The number of allylic oxidation sites excluding steroid dienone is 1. The molecule has 1 heterocycles. The molecule has 1 aromatic carbocycles. The first-order valence-electron chi connectivity index (χ1n) is 4.28. The number of hydrogen-bond acceptors (Lipinski definition) is 0. The fourth-order valence-corrected chi connectivity index (χ4v) is 1.97. The van der Waals surface area contributed by atoms with Crippen LogP contribution in [-0.4, -0.2) is 4.98 Å². The molecular weight excluding hydrogens is 292 g/mol. The van der Waals surface area contributed by atoms with Gasteiger partial charge in [-0.3, -0.25) is 0 Å². The van der Waals surface area contributed by atoms with E-state index in [0.29, 0.717) is 3.57 Å². The second-order valence-corrected chi connectivity index (χ2v) is 4.28. The number of rotatable bonds is 2. The summed E-state index contributed by atoms with van der Waals surface area (Å²) < 4.78 is 13.8. The fraction of sp³-hybridized carbons (Fsp3) is 0.0909. The van der Waals surface area contributed by atoms with Crippen LogP contribution in [0.15, 0.2) is 31.0 Å². The maximum absolute atomic E-state index is 13.2. The third-order valence-electron chi connectivity index (χ3n) is 2.17. The normalized spacial score (nSPS) is 10.7. The second-order valence-electron chi connectivity index (χ2n) is 3.12. The molecule has 0 spiro atoms. The molecule has 0 saturated carbocycles. The summed E-state index contributed by atoms with van der Waals surface area (Å²) in [5.74, 6) is -0.176. The summed E-state index contributed by atoms with van der Waals surface area (Å²) in [5, 5.41) is 1.08. The maximum Gasteiger partial charge on any atom is 0.138 e. The second kappa shape index (κ2) is 3.73. The molecule has 0 radical (unpaired) electrons. The zero-order valence-electron chi connectivity index (χ0n) is 7.48. The Hall–Kier alpha value is -0.840. The van der Waals surface area contributed by atoms with E-state index in [0.717, 1.165) is 22.9 Å². The van der Waals surface area contributed by atoms with Gasteiger partial charge in [-0.2, -0.15) is 0 Å². The Kier molecular flexibility index (Phi) is 2.58. The smallest absolute Gasteiger partial charge is 0.138 e. The molecule has 2 aromatic rings. The molecule has 0 saturated heterocycles. The number of aromatic amines is 1. The van der Waals surface area contributed by atoms with Gasteiger partial charge >= 0.3 is 0 Å². The average molecular weight is 301 g/mol. The highest BCUT2D eigenvalue weighted by Gasteiger charge is 2.06. The van der Waals surface area contributed by atoms with Crippen LogP contribution >= 0.6 is 22.6 Å². The lowest BCUT2D eigenvalue weighted by Crippen LogP contribution is -1.82. The van der Waals surface area contributed by atoms with Crippen LogP contribution in [0.3, 0.4) is 0 Å². The van der Waals surface area contributed by atoms with Crippen LogP contribution in [0, 0.1) is 9.39 Å². The molecule has 0 amide bonds. The Morgan fingerprint density at radius 2 is 2.29 bits per heavy atom. The molecule has 14 heavy (non-hydrogen) atoms. The molecule has 1 N–H and O–H groups in total. The van der Waals surface area contributed by atoms with Crippen LogP contribution in [0.2, 0.25) is 0 Å². The SMILES string of the molecule is C=CCc1c[nH]c2cc(F)c(I)cc12. The summed E-state index contributed by atoms with van der Waals surface area (Å²) >= 11 is 2.00. The number of fused-ring (bicyclic) bond motifs is 1. The van der Waals surface area contributed by atoms with Crippen molar-refractivity contribution >= 4 is 33.5 Å². The largest absolute Gasteiger partial charge is 0.361 e. The summed E-state index contributed by atoms with van der Waals surface area (Å²) in [6, 6.07) is 3.39. The van der Waals surface area contributed by atoms with Gasteiger partial charge in [0.1, 0.15) is 5.82 Å². The summed E-state index contributed by atoms with van der Waals surface area (Å²) in [5.41, 5.74) is 2.01. The van der Waals surface area contributed by atoms with Gasteiger partial charge < -0.3 is 4.98 Å². The molecule has 0 aliphatic rings. The van der Waals surface area contributed by atoms with E-state index < -0.39 is 0 Å². The minimum absolute atomic E-state index is 0.176. The van der Waals surface area contributed by atoms with E-state index in [-0.39, 0.29) is 5.82 Å². The van der Waals surface area contributed by atoms with E-state index in [2.05, 4.69) is 11.6 Å². The van der Waals surface area contributed by atoms with Crippen LogP contribution in [0.5, 0.6) is 0 Å². The predicted molar refractivity (Wildman–Crippen MR) is 64.9 cm³/mol. The van der Waals surface area contributed by atoms with E-state index in [1.807, 2.05) is 40.9 Å². The molecule has 0 atom stereocenters. The molecule has 0 bridgehead atoms. The Bertz CT molecular complexity index is 487. The summed E-state index contributed by atoms with van der Waals surface area (Å²) in [6.07, 6.45) is 4.56. The number of nitrogens with one attached hydrogen (secondary N) is 1. The zero-order valence-corrected chi connectivity index (χ0v) is 9.64. The molecule has 1 aromatic heterocycles. The number of H-pyrrole nitrogens is 1. The van der Waals surface area contributed by atoms with Gasteiger partial charge in [0, 0.05) is 20.7 Å². The molecule has 2 rings (SSSR count). The van der Waals surface area contributed by atoms with Crippen molar-refractivity contribution in [1.29, 1.82) is 0 Å². The van der Waals surface area contributed by atoms with Crippen LogP contribution < -0.4 is 0 Å². The van der Waals surface area contributed by atoms with Gasteiger partial charge in [0.2, 0.25) is 0 Å². The van der Waals surface area contributed by atoms with E-state index in [9.17, 15) is 4.39 Å². The van der Waals surface area contributed by atoms with E-state index in [1.54, 1.807) is 0 Å². The minimum atomic E-state index is -0.176. The first-order chi connectivity index (χ1) is 6.72. The third-order valence-corrected chi connectivity index (χ3v) is 3.00. The average Bonchev–Trinajstić information content (AvgIpc) is 2.51. The van der Waals surface area contributed by atoms with E-state index >= 15 is 0 Å². The third kappa shape index (κ3) is 1.56. The summed E-state index contributed by atoms with van der Waals surface area (Å²) in [7, 11) is 0. The van der Waals surface area contributed by atoms with Gasteiger partial charge in [-0.05, 0) is 46.7 Å². The van der Waals surface area contributed by atoms with E-state index in [1.165, 1.54) is 6.07 Å². The molecule has 0 aliphatic heterocycles. The molecule has 1 nitrogen and oxygen atoms in total. The van der Waals surface area contributed by atoms with Crippen molar-refractivity contribution in [3.63, 3.8) is 0 Å². The van der Waals surface area contributed by atoms with Crippen LogP contribution in [-0.2, 0) is 6.42 Å². The highest BCUT2D eigenvalue weighted by Crippen LogP contribution is 2.23. The van der Waals surface area contributed by atoms with Gasteiger partial charge in [-0.1, -0.05) is 6.08 Å². The molecule has 3 heteroatoms. The topological polar surface area (TPSA) is 15.8 Å². The van der Waals surface area contributed by atoms with E-state index in [4.69, 9.17) is 0 Å². The van der Waals surface area contributed by atoms with Gasteiger partial charge in [-0.15, -0.1) is 6.58 Å². The lowest BCUT2D eigenvalue weighted by Gasteiger charge is -1.97. The molecular formula is C11H9FIN. The molecule has 72 valence electrons. The zero-order chi connectivity index (χ0) is 10.1. The number of benzene rings is 1. The maximum atomic E-state index is 13.2. The molecule has 0 unspecified atom stereocenters. The van der Waals surface area contributed by atoms with Crippen molar-refractivity contribution in [2.75, 3.05) is 0 Å². The van der Waals surface area contributed by atoms with Crippen molar-refractivity contribution in [2.24, 2.45) is 0 Å². The number of halogens is 2. The van der Waals surface area contributed by atoms with Crippen molar-refractivity contribution in [3.8, 4) is 0 Å². The molecule has 0 fully saturated rings. The number of hydrogen-bond donors (Lipinski definition) is 1. The monoisotopic (exact) mass is 301 g/mol. The van der Waals surface area contributed by atoms with Crippen LogP contribution in [0.25, 0.3) is 10.9 Å². The Labute approximate surface area is 95.2 Å². The van der Waals surface area contributed by atoms with Gasteiger partial charge in [0.05, 0.1) is 0 Å². The highest BCUT2D eigenvalue weighted by molar-refractivity contribution is 14.1. The first kappa shape index (κ1) is 9.71. The quantitative estimate of drug-likeness (QED) is 0.644.